The Balaban J connectivity index is 2.14. The standard InChI is InChI=1S/C15H17N3O4/c1-18-13(19)8-7-11(17-18)15(20)16-9-10-5-4-6-12(21-2)14(10)22-3/h4-8H,9H2,1-3H3,(H,16,20). The normalized spacial score (nSPS) is 10.1. The van der Waals surface area contributed by atoms with Crippen molar-refractivity contribution in [1.29, 1.82) is 0 Å². The number of nitrogens with one attached hydrogen (secondary N) is 1. The van der Waals surface area contributed by atoms with Crippen LogP contribution < -0.4 is 20.3 Å². The number of aromatic nitrogens is 2. The Labute approximate surface area is 127 Å². The number of amides is 1. The number of hydrogen-bond donors (Lipinski definition) is 1. The second kappa shape index (κ2) is 6.75. The van der Waals surface area contributed by atoms with E-state index in [0.717, 1.165) is 10.2 Å². The van der Waals surface area contributed by atoms with Gasteiger partial charge in [0.05, 0.1) is 14.2 Å². The van der Waals surface area contributed by atoms with E-state index in [9.17, 15) is 9.59 Å². The van der Waals surface area contributed by atoms with E-state index in [2.05, 4.69) is 10.4 Å². The number of methoxy groups -OCH3 is 2. The second-order valence-corrected chi connectivity index (χ2v) is 4.52. The van der Waals surface area contributed by atoms with Gasteiger partial charge in [-0.05, 0) is 12.1 Å². The van der Waals surface area contributed by atoms with Gasteiger partial charge < -0.3 is 14.8 Å². The van der Waals surface area contributed by atoms with Crippen molar-refractivity contribution in [3.63, 3.8) is 0 Å². The first kappa shape index (κ1) is 15.6. The van der Waals surface area contributed by atoms with E-state index in [1.54, 1.807) is 13.2 Å². The maximum Gasteiger partial charge on any atom is 0.271 e. The van der Waals surface area contributed by atoms with E-state index in [1.165, 1.54) is 26.3 Å². The van der Waals surface area contributed by atoms with Gasteiger partial charge in [0.15, 0.2) is 11.5 Å². The van der Waals surface area contributed by atoms with Gasteiger partial charge in [-0.2, -0.15) is 5.10 Å². The highest BCUT2D eigenvalue weighted by Crippen LogP contribution is 2.30. The van der Waals surface area contributed by atoms with Crippen molar-refractivity contribution in [1.82, 2.24) is 15.1 Å². The number of nitrogens with zero attached hydrogens (tertiary/aromatic N) is 2. The summed E-state index contributed by atoms with van der Waals surface area (Å²) in [5.41, 5.74) is 0.676. The SMILES string of the molecule is COc1cccc(CNC(=O)c2ccc(=O)n(C)n2)c1OC. The second-order valence-electron chi connectivity index (χ2n) is 4.52. The number of aryl methyl sites for hydroxylation is 1. The predicted molar refractivity (Wildman–Crippen MR) is 80.2 cm³/mol. The fraction of sp³-hybridized carbons (Fsp3) is 0.267. The quantitative estimate of drug-likeness (QED) is 0.880. The van der Waals surface area contributed by atoms with Crippen LogP contribution in [-0.4, -0.2) is 29.9 Å². The lowest BCUT2D eigenvalue weighted by Crippen LogP contribution is -2.28. The van der Waals surface area contributed by atoms with Crippen molar-refractivity contribution >= 4 is 5.91 Å². The lowest BCUT2D eigenvalue weighted by molar-refractivity contribution is 0.0943. The van der Waals surface area contributed by atoms with Gasteiger partial charge in [0.25, 0.3) is 11.5 Å². The van der Waals surface area contributed by atoms with Crippen LogP contribution in [0.15, 0.2) is 35.1 Å². The Kier molecular flexibility index (Phi) is 4.77. The Bertz CT molecular complexity index is 740. The Morgan fingerprint density at radius 3 is 2.64 bits per heavy atom. The van der Waals surface area contributed by atoms with Crippen LogP contribution >= 0.6 is 0 Å². The molecule has 0 aliphatic carbocycles. The molecule has 0 radical (unpaired) electrons. The van der Waals surface area contributed by atoms with Crippen LogP contribution in [0.25, 0.3) is 0 Å². The summed E-state index contributed by atoms with van der Waals surface area (Å²) in [6.45, 7) is 0.254. The molecule has 1 amide bonds. The van der Waals surface area contributed by atoms with Crippen molar-refractivity contribution < 1.29 is 14.3 Å². The Morgan fingerprint density at radius 1 is 1.23 bits per heavy atom. The van der Waals surface area contributed by atoms with Gasteiger partial charge in [0.1, 0.15) is 5.69 Å². The Morgan fingerprint density at radius 2 is 2.00 bits per heavy atom. The maximum absolute atomic E-state index is 12.1. The summed E-state index contributed by atoms with van der Waals surface area (Å²) < 4.78 is 11.6. The molecular weight excluding hydrogens is 286 g/mol. The predicted octanol–water partition coefficient (Wildman–Crippen LogP) is 0.727. The molecule has 0 atom stereocenters. The zero-order valence-corrected chi connectivity index (χ0v) is 12.6. The van der Waals surface area contributed by atoms with Gasteiger partial charge in [-0.3, -0.25) is 9.59 Å². The van der Waals surface area contributed by atoms with Crippen LogP contribution in [-0.2, 0) is 13.6 Å². The summed E-state index contributed by atoms with van der Waals surface area (Å²) in [4.78, 5) is 23.3. The van der Waals surface area contributed by atoms with Crippen LogP contribution in [0.4, 0.5) is 0 Å². The van der Waals surface area contributed by atoms with E-state index in [-0.39, 0.29) is 23.7 Å². The average molecular weight is 303 g/mol. The molecule has 22 heavy (non-hydrogen) atoms. The molecule has 1 N–H and O–H groups in total. The summed E-state index contributed by atoms with van der Waals surface area (Å²) >= 11 is 0. The van der Waals surface area contributed by atoms with E-state index in [0.29, 0.717) is 11.5 Å². The fourth-order valence-corrected chi connectivity index (χ4v) is 1.98. The van der Waals surface area contributed by atoms with E-state index in [4.69, 9.17) is 9.47 Å². The van der Waals surface area contributed by atoms with Gasteiger partial charge in [0, 0.05) is 25.2 Å². The molecule has 116 valence electrons. The summed E-state index contributed by atoms with van der Waals surface area (Å²) in [6.07, 6.45) is 0. The molecule has 1 aromatic carbocycles. The number of para-hydroxylation sites is 1. The highest BCUT2D eigenvalue weighted by molar-refractivity contribution is 5.92. The number of ether oxygens (including phenoxy) is 2. The minimum Gasteiger partial charge on any atom is -0.493 e. The summed E-state index contributed by atoms with van der Waals surface area (Å²) in [7, 11) is 4.58. The number of rotatable bonds is 5. The van der Waals surface area contributed by atoms with Gasteiger partial charge in [-0.25, -0.2) is 4.68 Å². The first-order chi connectivity index (χ1) is 10.6. The fourth-order valence-electron chi connectivity index (χ4n) is 1.98. The molecule has 1 aromatic heterocycles. The molecule has 0 unspecified atom stereocenters. The minimum atomic E-state index is -0.375. The molecule has 1 heterocycles. The highest BCUT2D eigenvalue weighted by atomic mass is 16.5. The molecule has 0 saturated carbocycles. The van der Waals surface area contributed by atoms with Crippen molar-refractivity contribution in [3.8, 4) is 11.5 Å². The third kappa shape index (κ3) is 3.25. The number of carbonyl (C=O) groups excluding carboxylic acids is 1. The molecule has 2 aromatic rings. The molecule has 0 bridgehead atoms. The molecule has 0 aliphatic heterocycles. The van der Waals surface area contributed by atoms with Crippen LogP contribution in [0.2, 0.25) is 0 Å². The van der Waals surface area contributed by atoms with E-state index >= 15 is 0 Å². The van der Waals surface area contributed by atoms with Crippen LogP contribution in [0, 0.1) is 0 Å². The van der Waals surface area contributed by atoms with Crippen molar-refractivity contribution in [2.24, 2.45) is 7.05 Å². The van der Waals surface area contributed by atoms with Crippen LogP contribution in [0.1, 0.15) is 16.1 Å². The smallest absolute Gasteiger partial charge is 0.271 e. The van der Waals surface area contributed by atoms with Gasteiger partial charge in [-0.1, -0.05) is 12.1 Å². The Hall–Kier alpha value is -2.83. The van der Waals surface area contributed by atoms with Gasteiger partial charge in [-0.15, -0.1) is 0 Å². The number of carbonyl (C=O) groups is 1. The van der Waals surface area contributed by atoms with Crippen molar-refractivity contribution in [2.75, 3.05) is 14.2 Å². The molecule has 0 aliphatic rings. The molecule has 0 saturated heterocycles. The molecule has 0 spiro atoms. The molecule has 2 rings (SSSR count). The lowest BCUT2D eigenvalue weighted by atomic mass is 10.2. The summed E-state index contributed by atoms with van der Waals surface area (Å²) in [5.74, 6) is 0.786. The summed E-state index contributed by atoms with van der Waals surface area (Å²) in [6, 6.07) is 8.11. The molecule has 7 nitrogen and oxygen atoms in total. The number of hydrogen-bond acceptors (Lipinski definition) is 5. The molecule has 0 fully saturated rings. The zero-order valence-electron chi connectivity index (χ0n) is 12.6. The van der Waals surface area contributed by atoms with Gasteiger partial charge >= 0.3 is 0 Å². The van der Waals surface area contributed by atoms with Crippen LogP contribution in [0.3, 0.4) is 0 Å². The molecule has 7 heteroatoms. The third-order valence-electron chi connectivity index (χ3n) is 3.12. The summed E-state index contributed by atoms with van der Waals surface area (Å²) in [5, 5.41) is 6.63. The lowest BCUT2D eigenvalue weighted by Gasteiger charge is -2.13. The first-order valence-corrected chi connectivity index (χ1v) is 6.59. The maximum atomic E-state index is 12.1. The average Bonchev–Trinajstić information content (AvgIpc) is 2.54. The van der Waals surface area contributed by atoms with Crippen molar-refractivity contribution in [3.05, 3.63) is 51.9 Å². The van der Waals surface area contributed by atoms with E-state index < -0.39 is 0 Å². The zero-order chi connectivity index (χ0) is 16.1. The first-order valence-electron chi connectivity index (χ1n) is 6.59. The van der Waals surface area contributed by atoms with E-state index in [1.807, 2.05) is 12.1 Å². The minimum absolute atomic E-state index is 0.170. The monoisotopic (exact) mass is 303 g/mol. The topological polar surface area (TPSA) is 82.5 Å². The largest absolute Gasteiger partial charge is 0.493 e. The van der Waals surface area contributed by atoms with Crippen molar-refractivity contribution in [2.45, 2.75) is 6.54 Å². The van der Waals surface area contributed by atoms with Gasteiger partial charge in [0.2, 0.25) is 0 Å². The highest BCUT2D eigenvalue weighted by Gasteiger charge is 2.12. The number of benzene rings is 1. The molecular formula is C15H17N3O4. The third-order valence-corrected chi connectivity index (χ3v) is 3.12. The van der Waals surface area contributed by atoms with Crippen LogP contribution in [0.5, 0.6) is 11.5 Å².